The van der Waals surface area contributed by atoms with E-state index < -0.39 is 11.9 Å². The number of carbonyl (C=O) groups excluding carboxylic acids is 1. The molecule has 4 heteroatoms. The van der Waals surface area contributed by atoms with Gasteiger partial charge < -0.3 is 10.0 Å². The van der Waals surface area contributed by atoms with Gasteiger partial charge in [0.1, 0.15) is 5.92 Å². The second-order valence-electron chi connectivity index (χ2n) is 4.26. The summed E-state index contributed by atoms with van der Waals surface area (Å²) in [5, 5.41) is 8.76. The Morgan fingerprint density at radius 2 is 2.20 bits per heavy atom. The van der Waals surface area contributed by atoms with Gasteiger partial charge in [-0.2, -0.15) is 0 Å². The average Bonchev–Trinajstić information content (AvgIpc) is 2.27. The quantitative estimate of drug-likeness (QED) is 0.720. The summed E-state index contributed by atoms with van der Waals surface area (Å²) in [7, 11) is 0. The molecule has 0 aliphatic carbocycles. The van der Waals surface area contributed by atoms with Gasteiger partial charge in [0.05, 0.1) is 0 Å². The van der Waals surface area contributed by atoms with Crippen molar-refractivity contribution in [1.29, 1.82) is 0 Å². The van der Waals surface area contributed by atoms with Gasteiger partial charge in [0, 0.05) is 13.1 Å². The zero-order chi connectivity index (χ0) is 11.4. The maximum Gasteiger partial charge on any atom is 0.315 e. The standard InChI is InChI=1S/C11H19NO3/c1-3-9-5-4-6-12(7-9)10(13)8(2)11(14)15/h8-9H,3-7H2,1-2H3,(H,14,15). The zero-order valence-electron chi connectivity index (χ0n) is 9.40. The molecule has 1 saturated heterocycles. The number of carboxylic acid groups (broad SMARTS) is 1. The van der Waals surface area contributed by atoms with E-state index >= 15 is 0 Å². The van der Waals surface area contributed by atoms with Gasteiger partial charge >= 0.3 is 5.97 Å². The lowest BCUT2D eigenvalue weighted by molar-refractivity contribution is -0.151. The summed E-state index contributed by atoms with van der Waals surface area (Å²) < 4.78 is 0. The molecular formula is C11H19NO3. The van der Waals surface area contributed by atoms with Crippen LogP contribution in [0.25, 0.3) is 0 Å². The fourth-order valence-electron chi connectivity index (χ4n) is 1.98. The molecule has 1 heterocycles. The summed E-state index contributed by atoms with van der Waals surface area (Å²) in [5.41, 5.74) is 0. The molecule has 2 unspecified atom stereocenters. The third-order valence-corrected chi connectivity index (χ3v) is 3.15. The molecule has 0 spiro atoms. The normalized spacial score (nSPS) is 23.6. The first kappa shape index (κ1) is 12.0. The number of amides is 1. The Bertz CT molecular complexity index is 252. The summed E-state index contributed by atoms with van der Waals surface area (Å²) in [6, 6.07) is 0. The highest BCUT2D eigenvalue weighted by Gasteiger charge is 2.29. The van der Waals surface area contributed by atoms with Gasteiger partial charge in [-0.05, 0) is 25.7 Å². The minimum atomic E-state index is -1.03. The number of hydrogen-bond acceptors (Lipinski definition) is 2. The Hall–Kier alpha value is -1.06. The monoisotopic (exact) mass is 213 g/mol. The molecule has 1 amide bonds. The van der Waals surface area contributed by atoms with E-state index in [-0.39, 0.29) is 5.91 Å². The van der Waals surface area contributed by atoms with E-state index in [0.29, 0.717) is 12.5 Å². The average molecular weight is 213 g/mol. The third-order valence-electron chi connectivity index (χ3n) is 3.15. The van der Waals surface area contributed by atoms with Crippen LogP contribution in [0.15, 0.2) is 0 Å². The van der Waals surface area contributed by atoms with Crippen molar-refractivity contribution in [2.75, 3.05) is 13.1 Å². The second kappa shape index (κ2) is 5.14. The van der Waals surface area contributed by atoms with Crippen LogP contribution in [0.4, 0.5) is 0 Å². The molecule has 1 aliphatic heterocycles. The smallest absolute Gasteiger partial charge is 0.315 e. The molecule has 0 bridgehead atoms. The molecule has 0 aromatic heterocycles. The third kappa shape index (κ3) is 2.94. The first-order chi connectivity index (χ1) is 7.06. The molecule has 0 saturated carbocycles. The molecule has 1 N–H and O–H groups in total. The minimum absolute atomic E-state index is 0.236. The van der Waals surface area contributed by atoms with Crippen molar-refractivity contribution in [3.8, 4) is 0 Å². The number of rotatable bonds is 3. The number of carboxylic acids is 1. The van der Waals surface area contributed by atoms with Crippen LogP contribution in [0.2, 0.25) is 0 Å². The van der Waals surface area contributed by atoms with Gasteiger partial charge in [-0.1, -0.05) is 13.3 Å². The highest BCUT2D eigenvalue weighted by molar-refractivity contribution is 5.96. The lowest BCUT2D eigenvalue weighted by Gasteiger charge is -2.33. The number of likely N-dealkylation sites (tertiary alicyclic amines) is 1. The molecule has 15 heavy (non-hydrogen) atoms. The van der Waals surface area contributed by atoms with Crippen molar-refractivity contribution in [3.05, 3.63) is 0 Å². The zero-order valence-corrected chi connectivity index (χ0v) is 9.40. The van der Waals surface area contributed by atoms with Gasteiger partial charge in [0.15, 0.2) is 0 Å². The van der Waals surface area contributed by atoms with E-state index in [1.54, 1.807) is 4.90 Å². The van der Waals surface area contributed by atoms with Crippen molar-refractivity contribution < 1.29 is 14.7 Å². The molecular weight excluding hydrogens is 194 g/mol. The maximum atomic E-state index is 11.7. The molecule has 0 aromatic rings. The van der Waals surface area contributed by atoms with Crippen molar-refractivity contribution >= 4 is 11.9 Å². The van der Waals surface area contributed by atoms with E-state index in [4.69, 9.17) is 5.11 Å². The molecule has 86 valence electrons. The van der Waals surface area contributed by atoms with Crippen LogP contribution in [0, 0.1) is 11.8 Å². The van der Waals surface area contributed by atoms with Gasteiger partial charge in [-0.15, -0.1) is 0 Å². The Morgan fingerprint density at radius 1 is 1.53 bits per heavy atom. The highest BCUT2D eigenvalue weighted by atomic mass is 16.4. The lowest BCUT2D eigenvalue weighted by Crippen LogP contribution is -2.44. The van der Waals surface area contributed by atoms with Crippen LogP contribution in [-0.2, 0) is 9.59 Å². The molecule has 1 aliphatic rings. The molecule has 0 radical (unpaired) electrons. The topological polar surface area (TPSA) is 57.6 Å². The molecule has 1 rings (SSSR count). The van der Waals surface area contributed by atoms with E-state index in [0.717, 1.165) is 25.8 Å². The van der Waals surface area contributed by atoms with E-state index in [1.807, 2.05) is 0 Å². The van der Waals surface area contributed by atoms with Crippen LogP contribution >= 0.6 is 0 Å². The van der Waals surface area contributed by atoms with Gasteiger partial charge in [-0.3, -0.25) is 9.59 Å². The number of nitrogens with zero attached hydrogens (tertiary/aromatic N) is 1. The van der Waals surface area contributed by atoms with Crippen molar-refractivity contribution in [2.45, 2.75) is 33.1 Å². The molecule has 4 nitrogen and oxygen atoms in total. The minimum Gasteiger partial charge on any atom is -0.481 e. The van der Waals surface area contributed by atoms with Crippen LogP contribution in [-0.4, -0.2) is 35.0 Å². The first-order valence-corrected chi connectivity index (χ1v) is 5.57. The molecule has 2 atom stereocenters. The predicted molar refractivity (Wildman–Crippen MR) is 56.4 cm³/mol. The van der Waals surface area contributed by atoms with Gasteiger partial charge in [0.25, 0.3) is 0 Å². The fraction of sp³-hybridized carbons (Fsp3) is 0.818. The number of hydrogen-bond donors (Lipinski definition) is 1. The second-order valence-corrected chi connectivity index (χ2v) is 4.26. The predicted octanol–water partition coefficient (Wildman–Crippen LogP) is 1.36. The maximum absolute atomic E-state index is 11.7. The summed E-state index contributed by atoms with van der Waals surface area (Å²) in [5.74, 6) is -1.62. The van der Waals surface area contributed by atoms with E-state index in [9.17, 15) is 9.59 Å². The number of piperidine rings is 1. The molecule has 0 aromatic carbocycles. The Morgan fingerprint density at radius 3 is 2.73 bits per heavy atom. The Balaban J connectivity index is 2.55. The number of carbonyl (C=O) groups is 2. The van der Waals surface area contributed by atoms with E-state index in [1.165, 1.54) is 6.92 Å². The van der Waals surface area contributed by atoms with Crippen molar-refractivity contribution in [3.63, 3.8) is 0 Å². The van der Waals surface area contributed by atoms with E-state index in [2.05, 4.69) is 6.92 Å². The van der Waals surface area contributed by atoms with Crippen LogP contribution in [0.1, 0.15) is 33.1 Å². The van der Waals surface area contributed by atoms with Gasteiger partial charge in [0.2, 0.25) is 5.91 Å². The lowest BCUT2D eigenvalue weighted by atomic mass is 9.95. The number of aliphatic carboxylic acids is 1. The summed E-state index contributed by atoms with van der Waals surface area (Å²) in [4.78, 5) is 24.1. The first-order valence-electron chi connectivity index (χ1n) is 5.57. The summed E-state index contributed by atoms with van der Waals surface area (Å²) >= 11 is 0. The fourth-order valence-corrected chi connectivity index (χ4v) is 1.98. The van der Waals surface area contributed by atoms with Crippen LogP contribution < -0.4 is 0 Å². The van der Waals surface area contributed by atoms with Crippen molar-refractivity contribution in [2.24, 2.45) is 11.8 Å². The largest absolute Gasteiger partial charge is 0.481 e. The van der Waals surface area contributed by atoms with Crippen LogP contribution in [0.5, 0.6) is 0 Å². The Labute approximate surface area is 90.3 Å². The SMILES string of the molecule is CCC1CCCN(C(=O)C(C)C(=O)O)C1. The summed E-state index contributed by atoms with van der Waals surface area (Å²) in [6.45, 7) is 5.01. The van der Waals surface area contributed by atoms with Crippen LogP contribution in [0.3, 0.4) is 0 Å². The molecule has 1 fully saturated rings. The highest BCUT2D eigenvalue weighted by Crippen LogP contribution is 2.20. The summed E-state index contributed by atoms with van der Waals surface area (Å²) in [6.07, 6.45) is 3.21. The van der Waals surface area contributed by atoms with Crippen molar-refractivity contribution in [1.82, 2.24) is 4.90 Å². The Kier molecular flexibility index (Phi) is 4.12. The van der Waals surface area contributed by atoms with Gasteiger partial charge in [-0.25, -0.2) is 0 Å².